The van der Waals surface area contributed by atoms with Crippen molar-refractivity contribution in [3.05, 3.63) is 24.3 Å². The zero-order chi connectivity index (χ0) is 14.4. The number of methoxy groups -OCH3 is 1. The molecule has 0 amide bonds. The summed E-state index contributed by atoms with van der Waals surface area (Å²) in [5.74, 6) is 0.367. The molecule has 1 aromatic carbocycles. The first-order valence-electron chi connectivity index (χ1n) is 6.83. The Bertz CT molecular complexity index is 450. The van der Waals surface area contributed by atoms with E-state index < -0.39 is 5.97 Å². The first-order chi connectivity index (χ1) is 9.69. The van der Waals surface area contributed by atoms with E-state index in [1.165, 1.54) is 24.2 Å². The third-order valence-corrected chi connectivity index (χ3v) is 6.36. The fraction of sp³-hybridized carbons (Fsp3) is 0.533. The van der Waals surface area contributed by atoms with Gasteiger partial charge in [-0.05, 0) is 31.0 Å². The van der Waals surface area contributed by atoms with Crippen molar-refractivity contribution in [3.63, 3.8) is 0 Å². The van der Waals surface area contributed by atoms with Crippen LogP contribution in [0.25, 0.3) is 0 Å². The lowest BCUT2D eigenvalue weighted by Gasteiger charge is -2.30. The zero-order valence-electron chi connectivity index (χ0n) is 11.6. The van der Waals surface area contributed by atoms with Gasteiger partial charge in [0.15, 0.2) is 0 Å². The fourth-order valence-electron chi connectivity index (χ4n) is 2.42. The molecule has 1 aliphatic carbocycles. The molecule has 0 unspecified atom stereocenters. The number of benzene rings is 1. The van der Waals surface area contributed by atoms with Gasteiger partial charge in [0.05, 0.1) is 12.9 Å². The van der Waals surface area contributed by atoms with Gasteiger partial charge in [0.1, 0.15) is 5.75 Å². The smallest absolute Gasteiger partial charge is 0.313 e. The maximum absolute atomic E-state index is 10.7. The van der Waals surface area contributed by atoms with Gasteiger partial charge < -0.3 is 9.84 Å². The summed E-state index contributed by atoms with van der Waals surface area (Å²) < 4.78 is 5.25. The molecule has 1 fully saturated rings. The molecule has 1 N–H and O–H groups in total. The van der Waals surface area contributed by atoms with E-state index in [-0.39, 0.29) is 5.75 Å². The van der Waals surface area contributed by atoms with Crippen molar-refractivity contribution < 1.29 is 14.6 Å². The third-order valence-electron chi connectivity index (χ3n) is 3.39. The van der Waals surface area contributed by atoms with Crippen molar-refractivity contribution in [2.75, 3.05) is 12.9 Å². The second-order valence-electron chi connectivity index (χ2n) is 4.86. The Morgan fingerprint density at radius 1 is 1.35 bits per heavy atom. The molecule has 1 saturated carbocycles. The number of carbonyl (C=O) groups is 1. The molecule has 0 radical (unpaired) electrons. The molecule has 0 bridgehead atoms. The van der Waals surface area contributed by atoms with Gasteiger partial charge in [0.2, 0.25) is 0 Å². The van der Waals surface area contributed by atoms with Crippen molar-refractivity contribution in [2.45, 2.75) is 41.1 Å². The molecular formula is C15H20O3S2. The van der Waals surface area contributed by atoms with Crippen molar-refractivity contribution >= 4 is 29.5 Å². The van der Waals surface area contributed by atoms with Gasteiger partial charge >= 0.3 is 5.97 Å². The van der Waals surface area contributed by atoms with Crippen molar-refractivity contribution in [2.24, 2.45) is 0 Å². The SMILES string of the molecule is COc1cccc(S[C@@H]2CCCC[C@H]2SCC(=O)O)c1. The van der Waals surface area contributed by atoms with Crippen molar-refractivity contribution in [1.29, 1.82) is 0 Å². The summed E-state index contributed by atoms with van der Waals surface area (Å²) in [5, 5.41) is 9.79. The van der Waals surface area contributed by atoms with Crippen LogP contribution >= 0.6 is 23.5 Å². The number of hydrogen-bond donors (Lipinski definition) is 1. The molecule has 20 heavy (non-hydrogen) atoms. The largest absolute Gasteiger partial charge is 0.497 e. The van der Waals surface area contributed by atoms with Gasteiger partial charge in [-0.3, -0.25) is 4.79 Å². The summed E-state index contributed by atoms with van der Waals surface area (Å²) in [4.78, 5) is 12.0. The summed E-state index contributed by atoms with van der Waals surface area (Å²) in [7, 11) is 1.68. The maximum atomic E-state index is 10.7. The zero-order valence-corrected chi connectivity index (χ0v) is 13.2. The highest BCUT2D eigenvalue weighted by Crippen LogP contribution is 2.40. The Morgan fingerprint density at radius 3 is 2.80 bits per heavy atom. The van der Waals surface area contributed by atoms with Crippen LogP contribution in [0.1, 0.15) is 25.7 Å². The summed E-state index contributed by atoms with van der Waals surface area (Å²) in [6.45, 7) is 0. The molecular weight excluding hydrogens is 292 g/mol. The highest BCUT2D eigenvalue weighted by molar-refractivity contribution is 8.04. The van der Waals surface area contributed by atoms with Gasteiger partial charge in [-0.15, -0.1) is 23.5 Å². The van der Waals surface area contributed by atoms with Gasteiger partial charge in [0.25, 0.3) is 0 Å². The van der Waals surface area contributed by atoms with Crippen LogP contribution in [-0.4, -0.2) is 34.4 Å². The lowest BCUT2D eigenvalue weighted by atomic mass is 10.00. The van der Waals surface area contributed by atoms with E-state index in [2.05, 4.69) is 12.1 Å². The summed E-state index contributed by atoms with van der Waals surface area (Å²) >= 11 is 3.45. The van der Waals surface area contributed by atoms with Crippen LogP contribution in [0.15, 0.2) is 29.2 Å². The molecule has 5 heteroatoms. The van der Waals surface area contributed by atoms with Crippen LogP contribution in [0, 0.1) is 0 Å². The summed E-state index contributed by atoms with van der Waals surface area (Å²) in [5.41, 5.74) is 0. The molecule has 110 valence electrons. The lowest BCUT2D eigenvalue weighted by Crippen LogP contribution is -2.25. The van der Waals surface area contributed by atoms with Gasteiger partial charge in [-0.25, -0.2) is 0 Å². The Morgan fingerprint density at radius 2 is 2.10 bits per heavy atom. The number of rotatable bonds is 6. The number of ether oxygens (including phenoxy) is 1. The lowest BCUT2D eigenvalue weighted by molar-refractivity contribution is -0.133. The van der Waals surface area contributed by atoms with Crippen LogP contribution in [-0.2, 0) is 4.79 Å². The fourth-order valence-corrected chi connectivity index (χ4v) is 5.12. The Kier molecular flexibility index (Phi) is 6.10. The van der Waals surface area contributed by atoms with Gasteiger partial charge in [-0.2, -0.15) is 0 Å². The number of thioether (sulfide) groups is 2. The van der Waals surface area contributed by atoms with E-state index >= 15 is 0 Å². The van der Waals surface area contributed by atoms with Crippen LogP contribution in [0.5, 0.6) is 5.75 Å². The highest BCUT2D eigenvalue weighted by Gasteiger charge is 2.27. The second kappa shape index (κ2) is 7.84. The van der Waals surface area contributed by atoms with Crippen LogP contribution in [0.3, 0.4) is 0 Å². The van der Waals surface area contributed by atoms with Crippen LogP contribution in [0.2, 0.25) is 0 Å². The minimum absolute atomic E-state index is 0.208. The van der Waals surface area contributed by atoms with E-state index in [9.17, 15) is 4.79 Å². The average molecular weight is 312 g/mol. The minimum atomic E-state index is -0.717. The number of carboxylic acid groups (broad SMARTS) is 1. The standard InChI is InChI=1S/C15H20O3S2/c1-18-11-5-4-6-12(9-11)20-14-8-3-2-7-13(14)19-10-15(16)17/h4-6,9,13-14H,2-3,7-8,10H2,1H3,(H,16,17)/t13-,14-/m1/s1. The van der Waals surface area contributed by atoms with E-state index in [1.54, 1.807) is 18.9 Å². The predicted octanol–water partition coefficient (Wildman–Crippen LogP) is 3.92. The molecule has 2 rings (SSSR count). The van der Waals surface area contributed by atoms with E-state index in [1.807, 2.05) is 23.9 Å². The molecule has 0 aromatic heterocycles. The molecule has 0 aliphatic heterocycles. The first kappa shape index (κ1) is 15.6. The van der Waals surface area contributed by atoms with Crippen molar-refractivity contribution in [3.8, 4) is 5.75 Å². The molecule has 0 heterocycles. The first-order valence-corrected chi connectivity index (χ1v) is 8.76. The Balaban J connectivity index is 1.98. The Labute approximate surface area is 128 Å². The summed E-state index contributed by atoms with van der Waals surface area (Å²) in [6, 6.07) is 8.10. The molecule has 3 nitrogen and oxygen atoms in total. The quantitative estimate of drug-likeness (QED) is 0.862. The maximum Gasteiger partial charge on any atom is 0.313 e. The number of hydrogen-bond acceptors (Lipinski definition) is 4. The minimum Gasteiger partial charge on any atom is -0.497 e. The van der Waals surface area contributed by atoms with E-state index in [0.29, 0.717) is 10.5 Å². The topological polar surface area (TPSA) is 46.5 Å². The highest BCUT2D eigenvalue weighted by atomic mass is 32.2. The van der Waals surface area contributed by atoms with E-state index in [0.717, 1.165) is 12.2 Å². The van der Waals surface area contributed by atoms with Crippen LogP contribution < -0.4 is 4.74 Å². The molecule has 0 spiro atoms. The second-order valence-corrected chi connectivity index (χ2v) is 7.40. The number of carboxylic acids is 1. The molecule has 1 aromatic rings. The van der Waals surface area contributed by atoms with E-state index in [4.69, 9.17) is 9.84 Å². The third kappa shape index (κ3) is 4.63. The van der Waals surface area contributed by atoms with Crippen molar-refractivity contribution in [1.82, 2.24) is 0 Å². The summed E-state index contributed by atoms with van der Waals surface area (Å²) in [6.07, 6.45) is 4.75. The normalized spacial score (nSPS) is 22.4. The van der Waals surface area contributed by atoms with Crippen LogP contribution in [0.4, 0.5) is 0 Å². The van der Waals surface area contributed by atoms with Gasteiger partial charge in [0, 0.05) is 15.4 Å². The number of aliphatic carboxylic acids is 1. The van der Waals surface area contributed by atoms with Gasteiger partial charge in [-0.1, -0.05) is 18.9 Å². The monoisotopic (exact) mass is 312 g/mol. The predicted molar refractivity (Wildman–Crippen MR) is 85.0 cm³/mol. The Hall–Kier alpha value is -0.810. The molecule has 0 saturated heterocycles. The average Bonchev–Trinajstić information content (AvgIpc) is 2.46. The molecule has 2 atom stereocenters. The molecule has 1 aliphatic rings.